The average molecular weight is 685 g/mol. The Labute approximate surface area is 304 Å². The fourth-order valence-corrected chi connectivity index (χ4v) is 6.23. The highest BCUT2D eigenvalue weighted by atomic mass is 16.5. The summed E-state index contributed by atoms with van der Waals surface area (Å²) >= 11 is 0. The lowest BCUT2D eigenvalue weighted by molar-refractivity contribution is -0.150. The molecule has 0 aliphatic heterocycles. The van der Waals surface area contributed by atoms with E-state index in [1.165, 1.54) is 89.9 Å². The maximum Gasteiger partial charge on any atom is 0.306 e. The minimum atomic E-state index is -0.703. The molecular weight excluding hydrogens is 604 g/mol. The summed E-state index contributed by atoms with van der Waals surface area (Å²) in [5.74, 6) is -0.721. The minimum absolute atomic E-state index is 0.0178. The van der Waals surface area contributed by atoms with Gasteiger partial charge in [-0.15, -0.1) is 0 Å². The highest BCUT2D eigenvalue weighted by Gasteiger charge is 2.14. The van der Waals surface area contributed by atoms with Crippen molar-refractivity contribution < 1.29 is 19.4 Å². The first-order chi connectivity index (χ1) is 24.1. The number of carboxylic acid groups (broad SMARTS) is 1. The van der Waals surface area contributed by atoms with E-state index in [1.807, 2.05) is 0 Å². The summed E-state index contributed by atoms with van der Waals surface area (Å²) in [7, 11) is 0. The normalized spacial score (nSPS) is 12.7. The SMILES string of the molecule is CC/C=C\C/C=C\C/C=C\C/C=C\CCCCCCC(=O)OC(CCCCCCCCCCCCCCCC)CCCCCCCC(=O)O. The van der Waals surface area contributed by atoms with Crippen LogP contribution >= 0.6 is 0 Å². The highest BCUT2D eigenvalue weighted by molar-refractivity contribution is 5.69. The zero-order valence-electron chi connectivity index (χ0n) is 32.5. The lowest BCUT2D eigenvalue weighted by atomic mass is 10.0. The van der Waals surface area contributed by atoms with E-state index in [1.54, 1.807) is 0 Å². The summed E-state index contributed by atoms with van der Waals surface area (Å²) in [5.41, 5.74) is 0. The van der Waals surface area contributed by atoms with Crippen molar-refractivity contribution in [2.24, 2.45) is 0 Å². The fraction of sp³-hybridized carbons (Fsp3) is 0.778. The van der Waals surface area contributed by atoms with Gasteiger partial charge in [0.05, 0.1) is 0 Å². The zero-order valence-corrected chi connectivity index (χ0v) is 32.5. The summed E-state index contributed by atoms with van der Waals surface area (Å²) in [5, 5.41) is 8.83. The van der Waals surface area contributed by atoms with E-state index in [2.05, 4.69) is 62.5 Å². The molecule has 0 fully saturated rings. The quantitative estimate of drug-likeness (QED) is 0.0399. The van der Waals surface area contributed by atoms with Crippen LogP contribution in [0, 0.1) is 0 Å². The Bertz CT molecular complexity index is 824. The fourth-order valence-electron chi connectivity index (χ4n) is 6.23. The first kappa shape index (κ1) is 46.9. The number of ether oxygens (including phenoxy) is 1. The van der Waals surface area contributed by atoms with E-state index in [9.17, 15) is 9.59 Å². The molecule has 0 spiro atoms. The summed E-state index contributed by atoms with van der Waals surface area (Å²) in [6.45, 7) is 4.44. The number of allylic oxidation sites excluding steroid dienone is 8. The van der Waals surface area contributed by atoms with Gasteiger partial charge in [0.2, 0.25) is 0 Å². The molecule has 0 radical (unpaired) electrons. The van der Waals surface area contributed by atoms with Crippen LogP contribution in [0.5, 0.6) is 0 Å². The molecule has 0 aliphatic rings. The molecule has 1 N–H and O–H groups in total. The smallest absolute Gasteiger partial charge is 0.306 e. The molecule has 49 heavy (non-hydrogen) atoms. The van der Waals surface area contributed by atoms with Gasteiger partial charge in [-0.05, 0) is 77.0 Å². The van der Waals surface area contributed by atoms with Crippen molar-refractivity contribution in [3.8, 4) is 0 Å². The van der Waals surface area contributed by atoms with Crippen molar-refractivity contribution in [1.29, 1.82) is 0 Å². The maximum absolute atomic E-state index is 12.7. The van der Waals surface area contributed by atoms with Crippen molar-refractivity contribution in [3.05, 3.63) is 48.6 Å². The van der Waals surface area contributed by atoms with Gasteiger partial charge in [0.1, 0.15) is 6.10 Å². The van der Waals surface area contributed by atoms with Gasteiger partial charge in [-0.1, -0.05) is 178 Å². The summed E-state index contributed by atoms with van der Waals surface area (Å²) in [6.07, 6.45) is 54.2. The maximum atomic E-state index is 12.7. The molecule has 4 heteroatoms. The van der Waals surface area contributed by atoms with Crippen molar-refractivity contribution in [1.82, 2.24) is 0 Å². The number of hydrogen-bond acceptors (Lipinski definition) is 3. The Morgan fingerprint density at radius 2 is 0.857 bits per heavy atom. The second-order valence-corrected chi connectivity index (χ2v) is 14.2. The highest BCUT2D eigenvalue weighted by Crippen LogP contribution is 2.19. The number of carbonyl (C=O) groups is 2. The molecule has 284 valence electrons. The predicted octanol–water partition coefficient (Wildman–Crippen LogP) is 14.7. The number of carbonyl (C=O) groups excluding carboxylic acids is 1. The lowest BCUT2D eigenvalue weighted by Gasteiger charge is -2.18. The topological polar surface area (TPSA) is 63.6 Å². The molecule has 0 saturated carbocycles. The third-order valence-corrected chi connectivity index (χ3v) is 9.32. The van der Waals surface area contributed by atoms with E-state index in [-0.39, 0.29) is 18.5 Å². The van der Waals surface area contributed by atoms with Crippen molar-refractivity contribution in [3.63, 3.8) is 0 Å². The van der Waals surface area contributed by atoms with Crippen LogP contribution in [0.2, 0.25) is 0 Å². The van der Waals surface area contributed by atoms with Gasteiger partial charge < -0.3 is 9.84 Å². The first-order valence-electron chi connectivity index (χ1n) is 21.1. The van der Waals surface area contributed by atoms with Crippen LogP contribution in [-0.4, -0.2) is 23.1 Å². The van der Waals surface area contributed by atoms with Crippen LogP contribution in [-0.2, 0) is 14.3 Å². The number of rotatable bonds is 38. The van der Waals surface area contributed by atoms with E-state index >= 15 is 0 Å². The molecule has 0 heterocycles. The number of carboxylic acids is 1. The molecule has 0 bridgehead atoms. The predicted molar refractivity (Wildman–Crippen MR) is 213 cm³/mol. The van der Waals surface area contributed by atoms with E-state index < -0.39 is 5.97 Å². The van der Waals surface area contributed by atoms with Crippen molar-refractivity contribution in [2.75, 3.05) is 0 Å². The van der Waals surface area contributed by atoms with Crippen LogP contribution in [0.1, 0.15) is 219 Å². The third-order valence-electron chi connectivity index (χ3n) is 9.32. The molecule has 1 atom stereocenters. The van der Waals surface area contributed by atoms with E-state index in [4.69, 9.17) is 9.84 Å². The van der Waals surface area contributed by atoms with Gasteiger partial charge in [-0.2, -0.15) is 0 Å². The number of esters is 1. The molecule has 4 nitrogen and oxygen atoms in total. The van der Waals surface area contributed by atoms with Gasteiger partial charge in [0.15, 0.2) is 0 Å². The van der Waals surface area contributed by atoms with Crippen LogP contribution in [0.4, 0.5) is 0 Å². The standard InChI is InChI=1S/C45H80O4/c1-3-5-7-9-11-13-15-17-19-20-21-23-25-27-29-34-38-42-45(48)49-43(40-36-32-30-33-37-41-44(46)47)39-35-31-28-26-24-22-18-16-14-12-10-8-6-4-2/h5,7,11,13,17,19,21,23,43H,3-4,6,8-10,12,14-16,18,20,22,24-42H2,1-2H3,(H,46,47)/b7-5-,13-11-,19-17-,23-21-. The molecule has 0 aromatic heterocycles. The second-order valence-electron chi connectivity index (χ2n) is 14.2. The van der Waals surface area contributed by atoms with Gasteiger partial charge >= 0.3 is 11.9 Å². The summed E-state index contributed by atoms with van der Waals surface area (Å²) < 4.78 is 6.01. The van der Waals surface area contributed by atoms with E-state index in [0.29, 0.717) is 6.42 Å². The minimum Gasteiger partial charge on any atom is -0.481 e. The number of unbranched alkanes of at least 4 members (excludes halogenated alkanes) is 21. The number of hydrogen-bond donors (Lipinski definition) is 1. The second kappa shape index (κ2) is 40.3. The number of aliphatic carboxylic acids is 1. The van der Waals surface area contributed by atoms with Gasteiger partial charge in [0.25, 0.3) is 0 Å². The molecular formula is C45H80O4. The van der Waals surface area contributed by atoms with Crippen LogP contribution in [0.15, 0.2) is 48.6 Å². The van der Waals surface area contributed by atoms with Gasteiger partial charge in [-0.25, -0.2) is 0 Å². The molecule has 0 aromatic carbocycles. The van der Waals surface area contributed by atoms with E-state index in [0.717, 1.165) is 103 Å². The monoisotopic (exact) mass is 685 g/mol. The molecule has 0 aliphatic carbocycles. The third kappa shape index (κ3) is 40.2. The van der Waals surface area contributed by atoms with Gasteiger partial charge in [-0.3, -0.25) is 9.59 Å². The average Bonchev–Trinajstić information content (AvgIpc) is 3.09. The van der Waals surface area contributed by atoms with Crippen LogP contribution in [0.3, 0.4) is 0 Å². The largest absolute Gasteiger partial charge is 0.481 e. The Morgan fingerprint density at radius 1 is 0.469 bits per heavy atom. The van der Waals surface area contributed by atoms with Crippen LogP contribution in [0.25, 0.3) is 0 Å². The Hall–Kier alpha value is -2.10. The Balaban J connectivity index is 4.08. The molecule has 0 rings (SSSR count). The lowest BCUT2D eigenvalue weighted by Crippen LogP contribution is -2.18. The van der Waals surface area contributed by atoms with Crippen molar-refractivity contribution >= 4 is 11.9 Å². The first-order valence-corrected chi connectivity index (χ1v) is 21.1. The van der Waals surface area contributed by atoms with Crippen LogP contribution < -0.4 is 0 Å². The summed E-state index contributed by atoms with van der Waals surface area (Å²) in [6, 6.07) is 0. The Morgan fingerprint density at radius 3 is 1.33 bits per heavy atom. The molecule has 0 amide bonds. The molecule has 0 aromatic rings. The molecule has 1 unspecified atom stereocenters. The van der Waals surface area contributed by atoms with Gasteiger partial charge in [0, 0.05) is 12.8 Å². The van der Waals surface area contributed by atoms with Crippen molar-refractivity contribution in [2.45, 2.75) is 225 Å². The summed E-state index contributed by atoms with van der Waals surface area (Å²) in [4.78, 5) is 23.4. The Kier molecular flexibility index (Phi) is 38.6. The zero-order chi connectivity index (χ0) is 35.7. The molecule has 0 saturated heterocycles.